The van der Waals surface area contributed by atoms with Crippen LogP contribution < -0.4 is 10.6 Å². The second-order valence-corrected chi connectivity index (χ2v) is 6.87. The lowest BCUT2D eigenvalue weighted by atomic mass is 10.1. The smallest absolute Gasteiger partial charge is 0.289 e. The molecule has 28 heavy (non-hydrogen) atoms. The van der Waals surface area contributed by atoms with E-state index in [1.807, 2.05) is 32.0 Å². The van der Waals surface area contributed by atoms with E-state index in [-0.39, 0.29) is 35.4 Å². The molecule has 2 N–H and O–H groups in total. The van der Waals surface area contributed by atoms with E-state index in [1.165, 1.54) is 18.2 Å². The summed E-state index contributed by atoms with van der Waals surface area (Å²) in [6, 6.07) is 9.74. The normalized spacial score (nSPS) is 10.6. The van der Waals surface area contributed by atoms with Gasteiger partial charge in [0.05, 0.1) is 18.0 Å². The van der Waals surface area contributed by atoms with Crippen molar-refractivity contribution < 1.29 is 14.5 Å². The minimum absolute atomic E-state index is 0.0108. The number of likely N-dealkylation sites (N-methyl/N-ethyl adjacent to an activating group) is 1. The first-order valence-corrected chi connectivity index (χ1v) is 8.83. The number of hydrogen-bond donors (Lipinski definition) is 2. The summed E-state index contributed by atoms with van der Waals surface area (Å²) < 4.78 is 0. The van der Waals surface area contributed by atoms with Gasteiger partial charge in [0.15, 0.2) is 0 Å². The fraction of sp³-hybridized carbons (Fsp3) is 0.263. The Morgan fingerprint density at radius 1 is 1.07 bits per heavy atom. The molecule has 0 aliphatic heterocycles. The van der Waals surface area contributed by atoms with Crippen molar-refractivity contribution in [3.63, 3.8) is 0 Å². The number of hydrogen-bond acceptors (Lipinski definition) is 5. The highest BCUT2D eigenvalue weighted by molar-refractivity contribution is 6.32. The highest BCUT2D eigenvalue weighted by Gasteiger charge is 2.16. The van der Waals surface area contributed by atoms with Gasteiger partial charge in [-0.1, -0.05) is 29.8 Å². The van der Waals surface area contributed by atoms with Crippen LogP contribution in [0.4, 0.5) is 17.1 Å². The molecule has 148 valence electrons. The highest BCUT2D eigenvalue weighted by Crippen LogP contribution is 2.27. The molecule has 0 unspecified atom stereocenters. The summed E-state index contributed by atoms with van der Waals surface area (Å²) in [7, 11) is 1.63. The number of amides is 2. The second-order valence-electron chi connectivity index (χ2n) is 6.46. The molecular weight excluding hydrogens is 384 g/mol. The van der Waals surface area contributed by atoms with Gasteiger partial charge in [0.25, 0.3) is 5.69 Å². The summed E-state index contributed by atoms with van der Waals surface area (Å²) in [5.74, 6) is -0.645. The van der Waals surface area contributed by atoms with E-state index in [0.717, 1.165) is 16.8 Å². The van der Waals surface area contributed by atoms with Gasteiger partial charge in [0, 0.05) is 17.4 Å². The molecule has 0 saturated heterocycles. The van der Waals surface area contributed by atoms with Crippen molar-refractivity contribution in [3.05, 3.63) is 62.7 Å². The monoisotopic (exact) mass is 404 g/mol. The van der Waals surface area contributed by atoms with E-state index in [0.29, 0.717) is 0 Å². The average Bonchev–Trinajstić information content (AvgIpc) is 2.59. The van der Waals surface area contributed by atoms with Crippen LogP contribution in [0.1, 0.15) is 11.1 Å². The van der Waals surface area contributed by atoms with Crippen LogP contribution in [-0.4, -0.2) is 41.8 Å². The number of carbonyl (C=O) groups excluding carboxylic acids is 2. The van der Waals surface area contributed by atoms with Crippen LogP contribution in [0.3, 0.4) is 0 Å². The molecule has 2 rings (SSSR count). The molecule has 0 aromatic heterocycles. The summed E-state index contributed by atoms with van der Waals surface area (Å²) in [6.07, 6.45) is 0. The van der Waals surface area contributed by atoms with E-state index in [9.17, 15) is 19.7 Å². The molecule has 0 aliphatic carbocycles. The molecular formula is C19H21ClN4O4. The SMILES string of the molecule is Cc1cccc(C)c1NC(=O)CN(C)CC(=O)Nc1ccc(Cl)c([N+](=O)[O-])c1. The molecule has 0 radical (unpaired) electrons. The summed E-state index contributed by atoms with van der Waals surface area (Å²) in [4.78, 5) is 36.2. The number of nitrogens with one attached hydrogen (secondary N) is 2. The van der Waals surface area contributed by atoms with Crippen LogP contribution in [0.25, 0.3) is 0 Å². The van der Waals surface area contributed by atoms with E-state index in [4.69, 9.17) is 11.6 Å². The van der Waals surface area contributed by atoms with Crippen LogP contribution in [0.15, 0.2) is 36.4 Å². The first-order chi connectivity index (χ1) is 13.2. The molecule has 0 saturated carbocycles. The first-order valence-electron chi connectivity index (χ1n) is 8.45. The Bertz CT molecular complexity index is 897. The average molecular weight is 405 g/mol. The summed E-state index contributed by atoms with van der Waals surface area (Å²) in [5, 5.41) is 16.3. The van der Waals surface area contributed by atoms with Gasteiger partial charge < -0.3 is 10.6 Å². The van der Waals surface area contributed by atoms with Gasteiger partial charge in [-0.15, -0.1) is 0 Å². The first kappa shape index (κ1) is 21.3. The molecule has 2 amide bonds. The third-order valence-electron chi connectivity index (χ3n) is 4.00. The molecule has 0 fully saturated rings. The van der Waals surface area contributed by atoms with E-state index in [1.54, 1.807) is 11.9 Å². The van der Waals surface area contributed by atoms with E-state index < -0.39 is 10.8 Å². The van der Waals surface area contributed by atoms with Crippen molar-refractivity contribution in [2.75, 3.05) is 30.8 Å². The van der Waals surface area contributed by atoms with Crippen LogP contribution in [0, 0.1) is 24.0 Å². The number of nitro groups is 1. The molecule has 0 bridgehead atoms. The van der Waals surface area contributed by atoms with Crippen molar-refractivity contribution in [1.29, 1.82) is 0 Å². The van der Waals surface area contributed by atoms with E-state index >= 15 is 0 Å². The topological polar surface area (TPSA) is 105 Å². The minimum atomic E-state index is -0.623. The predicted molar refractivity (Wildman–Crippen MR) is 109 cm³/mol. The highest BCUT2D eigenvalue weighted by atomic mass is 35.5. The quantitative estimate of drug-likeness (QED) is 0.543. The predicted octanol–water partition coefficient (Wildman–Crippen LogP) is 3.37. The van der Waals surface area contributed by atoms with Gasteiger partial charge >= 0.3 is 0 Å². The van der Waals surface area contributed by atoms with Crippen molar-refractivity contribution in [2.45, 2.75) is 13.8 Å². The van der Waals surface area contributed by atoms with Crippen LogP contribution in [-0.2, 0) is 9.59 Å². The molecule has 9 heteroatoms. The number of nitro benzene ring substituents is 1. The standard InChI is InChI=1S/C19H21ClN4O4/c1-12-5-4-6-13(2)19(12)22-18(26)11-23(3)10-17(25)21-14-7-8-15(20)16(9-14)24(27)28/h4-9H,10-11H2,1-3H3,(H,21,25)(H,22,26). The third-order valence-corrected chi connectivity index (χ3v) is 4.32. The number of para-hydroxylation sites is 1. The van der Waals surface area contributed by atoms with Gasteiger partial charge in [-0.05, 0) is 44.2 Å². The summed E-state index contributed by atoms with van der Waals surface area (Å²) in [5.41, 5.74) is 2.64. The number of anilines is 2. The summed E-state index contributed by atoms with van der Waals surface area (Å²) >= 11 is 5.75. The van der Waals surface area contributed by atoms with Gasteiger partial charge in [-0.3, -0.25) is 24.6 Å². The molecule has 0 aliphatic rings. The van der Waals surface area contributed by atoms with Crippen molar-refractivity contribution >= 4 is 40.5 Å². The molecule has 2 aromatic rings. The zero-order valence-corrected chi connectivity index (χ0v) is 16.5. The lowest BCUT2D eigenvalue weighted by Gasteiger charge is -2.17. The number of halogens is 1. The molecule has 2 aromatic carbocycles. The van der Waals surface area contributed by atoms with Crippen molar-refractivity contribution in [1.82, 2.24) is 4.90 Å². The van der Waals surface area contributed by atoms with Gasteiger partial charge in [-0.2, -0.15) is 0 Å². The number of carbonyl (C=O) groups is 2. The zero-order valence-electron chi connectivity index (χ0n) is 15.8. The molecule has 0 spiro atoms. The fourth-order valence-corrected chi connectivity index (χ4v) is 2.85. The Morgan fingerprint density at radius 3 is 2.21 bits per heavy atom. The number of benzene rings is 2. The summed E-state index contributed by atoms with van der Waals surface area (Å²) in [6.45, 7) is 3.77. The van der Waals surface area contributed by atoms with Crippen molar-refractivity contribution in [3.8, 4) is 0 Å². The van der Waals surface area contributed by atoms with Crippen LogP contribution in [0.2, 0.25) is 5.02 Å². The number of aryl methyl sites for hydroxylation is 2. The lowest BCUT2D eigenvalue weighted by molar-refractivity contribution is -0.384. The Kier molecular flexibility index (Phi) is 7.08. The zero-order chi connectivity index (χ0) is 20.8. The Balaban J connectivity index is 1.91. The van der Waals surface area contributed by atoms with Gasteiger partial charge in [0.2, 0.25) is 11.8 Å². The largest absolute Gasteiger partial charge is 0.325 e. The second kappa shape index (κ2) is 9.29. The van der Waals surface area contributed by atoms with Crippen LogP contribution >= 0.6 is 11.6 Å². The number of rotatable bonds is 7. The molecule has 0 heterocycles. The Hall–Kier alpha value is -2.97. The Labute approximate surface area is 167 Å². The Morgan fingerprint density at radius 2 is 1.64 bits per heavy atom. The molecule has 0 atom stereocenters. The van der Waals surface area contributed by atoms with Gasteiger partial charge in [-0.25, -0.2) is 0 Å². The fourth-order valence-electron chi connectivity index (χ4n) is 2.67. The number of nitrogens with zero attached hydrogens (tertiary/aromatic N) is 2. The molecule has 8 nitrogen and oxygen atoms in total. The lowest BCUT2D eigenvalue weighted by Crippen LogP contribution is -2.36. The maximum atomic E-state index is 12.3. The van der Waals surface area contributed by atoms with Crippen LogP contribution in [0.5, 0.6) is 0 Å². The van der Waals surface area contributed by atoms with Crippen molar-refractivity contribution in [2.24, 2.45) is 0 Å². The maximum absolute atomic E-state index is 12.3. The van der Waals surface area contributed by atoms with E-state index in [2.05, 4.69) is 10.6 Å². The van der Waals surface area contributed by atoms with Gasteiger partial charge in [0.1, 0.15) is 5.02 Å². The minimum Gasteiger partial charge on any atom is -0.325 e. The maximum Gasteiger partial charge on any atom is 0.289 e. The third kappa shape index (κ3) is 5.77.